The smallest absolute Gasteiger partial charge is 0.261 e. The van der Waals surface area contributed by atoms with Gasteiger partial charge in [0.2, 0.25) is 0 Å². The lowest BCUT2D eigenvalue weighted by molar-refractivity contribution is 0.0951. The third kappa shape index (κ3) is 6.30. The van der Waals surface area contributed by atoms with Crippen molar-refractivity contribution in [1.82, 2.24) is 10.2 Å². The maximum atomic E-state index is 12.5. The van der Waals surface area contributed by atoms with Gasteiger partial charge in [0.1, 0.15) is 0 Å². The van der Waals surface area contributed by atoms with Crippen LogP contribution in [0.25, 0.3) is 0 Å². The fraction of sp³-hybridized carbons (Fsp3) is 0.409. The molecule has 1 heterocycles. The Kier molecular flexibility index (Phi) is 7.28. The van der Waals surface area contributed by atoms with Gasteiger partial charge in [-0.15, -0.1) is 0 Å². The summed E-state index contributed by atoms with van der Waals surface area (Å²) in [7, 11) is -3.69. The van der Waals surface area contributed by atoms with Crippen LogP contribution in [0.4, 0.5) is 5.69 Å². The van der Waals surface area contributed by atoms with E-state index in [-0.39, 0.29) is 10.8 Å². The molecule has 7 heteroatoms. The first-order valence-corrected chi connectivity index (χ1v) is 11.6. The van der Waals surface area contributed by atoms with Gasteiger partial charge in [0.15, 0.2) is 0 Å². The van der Waals surface area contributed by atoms with E-state index in [4.69, 9.17) is 0 Å². The van der Waals surface area contributed by atoms with Crippen LogP contribution in [-0.4, -0.2) is 45.4 Å². The van der Waals surface area contributed by atoms with Gasteiger partial charge in [0.05, 0.1) is 4.90 Å². The topological polar surface area (TPSA) is 78.5 Å². The summed E-state index contributed by atoms with van der Waals surface area (Å²) in [5.41, 5.74) is 1.79. The molecule has 0 atom stereocenters. The Hall–Kier alpha value is -2.38. The molecule has 0 saturated carbocycles. The number of amides is 1. The van der Waals surface area contributed by atoms with Crippen molar-refractivity contribution in [1.29, 1.82) is 0 Å². The molecular weight excluding hydrogens is 386 g/mol. The lowest BCUT2D eigenvalue weighted by Crippen LogP contribution is -2.33. The number of nitrogens with zero attached hydrogens (tertiary/aromatic N) is 1. The number of nitrogens with one attached hydrogen (secondary N) is 2. The molecule has 2 N–H and O–H groups in total. The highest BCUT2D eigenvalue weighted by Gasteiger charge is 2.15. The van der Waals surface area contributed by atoms with E-state index in [1.165, 1.54) is 19.3 Å². The number of rotatable bonds is 8. The quantitative estimate of drug-likeness (QED) is 0.648. The van der Waals surface area contributed by atoms with Crippen LogP contribution in [-0.2, 0) is 10.0 Å². The summed E-state index contributed by atoms with van der Waals surface area (Å²) in [4.78, 5) is 15.1. The molecule has 6 nitrogen and oxygen atoms in total. The third-order valence-electron chi connectivity index (χ3n) is 5.09. The van der Waals surface area contributed by atoms with E-state index in [9.17, 15) is 13.2 Å². The Labute approximate surface area is 173 Å². The minimum Gasteiger partial charge on any atom is -0.352 e. The van der Waals surface area contributed by atoms with Crippen LogP contribution in [0.3, 0.4) is 0 Å². The number of piperidine rings is 1. The Morgan fingerprint density at radius 3 is 2.48 bits per heavy atom. The molecular formula is C22H29N3O3S. The highest BCUT2D eigenvalue weighted by molar-refractivity contribution is 7.92. The number of likely N-dealkylation sites (tertiary alicyclic amines) is 1. The molecule has 0 aliphatic carbocycles. The van der Waals surface area contributed by atoms with E-state index in [1.54, 1.807) is 48.5 Å². The number of anilines is 1. The SMILES string of the molecule is Cc1ccc(S(=O)(=O)Nc2cccc(C(=O)NCCCN3CCCCC3)c2)cc1. The van der Waals surface area contributed by atoms with E-state index in [1.807, 2.05) is 6.92 Å². The number of aryl methyl sites for hydroxylation is 1. The predicted molar refractivity (Wildman–Crippen MR) is 116 cm³/mol. The molecule has 3 rings (SSSR count). The van der Waals surface area contributed by atoms with Crippen molar-refractivity contribution in [2.45, 2.75) is 37.5 Å². The van der Waals surface area contributed by atoms with E-state index in [0.29, 0.717) is 17.8 Å². The van der Waals surface area contributed by atoms with Gasteiger partial charge in [-0.3, -0.25) is 9.52 Å². The summed E-state index contributed by atoms with van der Waals surface area (Å²) in [5, 5.41) is 2.92. The van der Waals surface area contributed by atoms with Crippen molar-refractivity contribution in [3.8, 4) is 0 Å². The van der Waals surface area contributed by atoms with Crippen LogP contribution in [0.15, 0.2) is 53.4 Å². The molecule has 0 bridgehead atoms. The van der Waals surface area contributed by atoms with Gasteiger partial charge in [-0.25, -0.2) is 8.42 Å². The van der Waals surface area contributed by atoms with Gasteiger partial charge < -0.3 is 10.2 Å². The van der Waals surface area contributed by atoms with Crippen molar-refractivity contribution in [2.75, 3.05) is 30.9 Å². The molecule has 1 saturated heterocycles. The molecule has 2 aromatic carbocycles. The van der Waals surface area contributed by atoms with Crippen molar-refractivity contribution in [2.24, 2.45) is 0 Å². The van der Waals surface area contributed by atoms with Gasteiger partial charge in [-0.05, 0) is 76.2 Å². The van der Waals surface area contributed by atoms with E-state index >= 15 is 0 Å². The number of carbonyl (C=O) groups excluding carboxylic acids is 1. The average molecular weight is 416 g/mol. The molecule has 0 aromatic heterocycles. The van der Waals surface area contributed by atoms with Crippen molar-refractivity contribution >= 4 is 21.6 Å². The minimum atomic E-state index is -3.69. The molecule has 0 spiro atoms. The second-order valence-corrected chi connectivity index (χ2v) is 9.19. The Morgan fingerprint density at radius 1 is 1.03 bits per heavy atom. The van der Waals surface area contributed by atoms with Crippen LogP contribution >= 0.6 is 0 Å². The van der Waals surface area contributed by atoms with Crippen LogP contribution in [0.5, 0.6) is 0 Å². The molecule has 1 fully saturated rings. The van der Waals surface area contributed by atoms with Crippen LogP contribution in [0.1, 0.15) is 41.6 Å². The number of carbonyl (C=O) groups is 1. The summed E-state index contributed by atoms with van der Waals surface area (Å²) in [6.45, 7) is 5.80. The van der Waals surface area contributed by atoms with Gasteiger partial charge in [0.25, 0.3) is 15.9 Å². The number of benzene rings is 2. The summed E-state index contributed by atoms with van der Waals surface area (Å²) < 4.78 is 27.6. The second-order valence-electron chi connectivity index (χ2n) is 7.51. The van der Waals surface area contributed by atoms with E-state index < -0.39 is 10.0 Å². The summed E-state index contributed by atoms with van der Waals surface area (Å²) in [6, 6.07) is 13.2. The number of hydrogen-bond donors (Lipinski definition) is 2. The van der Waals surface area contributed by atoms with E-state index in [2.05, 4.69) is 14.9 Å². The highest BCUT2D eigenvalue weighted by atomic mass is 32.2. The van der Waals surface area contributed by atoms with Crippen LogP contribution in [0, 0.1) is 6.92 Å². The Bertz CT molecular complexity index is 921. The normalized spacial score (nSPS) is 15.1. The maximum absolute atomic E-state index is 12.5. The zero-order chi connectivity index (χ0) is 20.7. The monoisotopic (exact) mass is 415 g/mol. The lowest BCUT2D eigenvalue weighted by Gasteiger charge is -2.26. The number of sulfonamides is 1. The fourth-order valence-electron chi connectivity index (χ4n) is 3.45. The fourth-order valence-corrected chi connectivity index (χ4v) is 4.49. The molecule has 1 amide bonds. The van der Waals surface area contributed by atoms with Crippen molar-refractivity contribution in [3.05, 3.63) is 59.7 Å². The van der Waals surface area contributed by atoms with Crippen LogP contribution in [0.2, 0.25) is 0 Å². The molecule has 1 aliphatic heterocycles. The molecule has 1 aliphatic rings. The lowest BCUT2D eigenvalue weighted by atomic mass is 10.1. The van der Waals surface area contributed by atoms with Gasteiger partial charge in [0, 0.05) is 17.8 Å². The molecule has 156 valence electrons. The largest absolute Gasteiger partial charge is 0.352 e. The zero-order valence-electron chi connectivity index (χ0n) is 16.9. The zero-order valence-corrected chi connectivity index (χ0v) is 17.7. The average Bonchev–Trinajstić information content (AvgIpc) is 2.72. The first-order chi connectivity index (χ1) is 13.9. The van der Waals surface area contributed by atoms with Gasteiger partial charge in [-0.1, -0.05) is 30.2 Å². The van der Waals surface area contributed by atoms with Gasteiger partial charge >= 0.3 is 0 Å². The first-order valence-electron chi connectivity index (χ1n) is 10.1. The molecule has 0 unspecified atom stereocenters. The van der Waals surface area contributed by atoms with Crippen molar-refractivity contribution < 1.29 is 13.2 Å². The highest BCUT2D eigenvalue weighted by Crippen LogP contribution is 2.18. The number of hydrogen-bond acceptors (Lipinski definition) is 4. The Morgan fingerprint density at radius 2 is 1.76 bits per heavy atom. The predicted octanol–water partition coefficient (Wildman–Crippen LogP) is 3.40. The first kappa shape index (κ1) is 21.3. The summed E-state index contributed by atoms with van der Waals surface area (Å²) in [6.07, 6.45) is 4.75. The van der Waals surface area contributed by atoms with Crippen LogP contribution < -0.4 is 10.0 Å². The summed E-state index contributed by atoms with van der Waals surface area (Å²) in [5.74, 6) is -0.194. The van der Waals surface area contributed by atoms with Gasteiger partial charge in [-0.2, -0.15) is 0 Å². The molecule has 2 aromatic rings. The maximum Gasteiger partial charge on any atom is 0.261 e. The minimum absolute atomic E-state index is 0.190. The second kappa shape index (κ2) is 9.89. The molecule has 0 radical (unpaired) electrons. The molecule has 29 heavy (non-hydrogen) atoms. The van der Waals surface area contributed by atoms with Crippen molar-refractivity contribution in [3.63, 3.8) is 0 Å². The summed E-state index contributed by atoms with van der Waals surface area (Å²) >= 11 is 0. The standard InChI is InChI=1S/C22H29N3O3S/c1-18-9-11-21(12-10-18)29(27,28)24-20-8-5-7-19(17-20)22(26)23-13-6-16-25-14-3-2-4-15-25/h5,7-12,17,24H,2-4,6,13-16H2,1H3,(H,23,26). The van der Waals surface area contributed by atoms with E-state index in [0.717, 1.165) is 31.6 Å². The Balaban J connectivity index is 1.54. The third-order valence-corrected chi connectivity index (χ3v) is 6.49.